The van der Waals surface area contributed by atoms with E-state index in [1.54, 1.807) is 0 Å². The topological polar surface area (TPSA) is 12.0 Å². The summed E-state index contributed by atoms with van der Waals surface area (Å²) in [6, 6.07) is 0. The fraction of sp³-hybridized carbons (Fsp3) is 0.800. The largest absolute Gasteiger partial charge is 0.307 e. The number of allylic oxidation sites excluding steroid dienone is 1. The molecule has 0 unspecified atom stereocenters. The maximum atomic E-state index is 5.89. The Morgan fingerprint density at radius 3 is 2.50 bits per heavy atom. The average molecular weight is 188 g/mol. The third-order valence-electron chi connectivity index (χ3n) is 2.55. The van der Waals surface area contributed by atoms with Crippen LogP contribution < -0.4 is 5.32 Å². The summed E-state index contributed by atoms with van der Waals surface area (Å²) in [7, 11) is 0. The molecule has 1 aliphatic rings. The normalized spacial score (nSPS) is 19.9. The van der Waals surface area contributed by atoms with E-state index in [1.807, 2.05) is 0 Å². The van der Waals surface area contributed by atoms with Crippen molar-refractivity contribution in [3.05, 3.63) is 11.6 Å². The Labute approximate surface area is 80.2 Å². The van der Waals surface area contributed by atoms with E-state index in [2.05, 4.69) is 25.2 Å². The molecule has 70 valence electrons. The average Bonchev–Trinajstić information content (AvgIpc) is 1.94. The summed E-state index contributed by atoms with van der Waals surface area (Å²) in [6.45, 7) is 5.21. The zero-order valence-electron chi connectivity index (χ0n) is 7.99. The summed E-state index contributed by atoms with van der Waals surface area (Å²) in [5.41, 5.74) is 1.64. The van der Waals surface area contributed by atoms with Gasteiger partial charge in [-0.3, -0.25) is 0 Å². The Hall–Kier alpha value is -0.0100. The molecule has 0 spiro atoms. The van der Waals surface area contributed by atoms with Crippen molar-refractivity contribution in [3.8, 4) is 0 Å². The Morgan fingerprint density at radius 2 is 2.17 bits per heavy atom. The Morgan fingerprint density at radius 1 is 1.50 bits per heavy atom. The second-order valence-corrected chi connectivity index (χ2v) is 4.20. The molecule has 1 N–H and O–H groups in total. The third kappa shape index (κ3) is 2.49. The lowest BCUT2D eigenvalue weighted by Crippen LogP contribution is -2.52. The van der Waals surface area contributed by atoms with Gasteiger partial charge in [0.1, 0.15) is 0 Å². The molecule has 1 rings (SSSR count). The van der Waals surface area contributed by atoms with Gasteiger partial charge in [0, 0.05) is 18.0 Å². The first-order chi connectivity index (χ1) is 5.68. The number of hydrogen-bond acceptors (Lipinski definition) is 1. The van der Waals surface area contributed by atoms with Crippen LogP contribution in [0.1, 0.15) is 33.1 Å². The zero-order chi connectivity index (χ0) is 9.03. The maximum Gasteiger partial charge on any atom is 0.0406 e. The van der Waals surface area contributed by atoms with Crippen LogP contribution in [0.25, 0.3) is 0 Å². The smallest absolute Gasteiger partial charge is 0.0406 e. The molecular weight excluding hydrogens is 170 g/mol. The van der Waals surface area contributed by atoms with E-state index >= 15 is 0 Å². The highest BCUT2D eigenvalue weighted by atomic mass is 35.5. The van der Waals surface area contributed by atoms with Crippen molar-refractivity contribution >= 4 is 11.6 Å². The molecule has 0 aliphatic heterocycles. The van der Waals surface area contributed by atoms with Crippen LogP contribution in [0.4, 0.5) is 0 Å². The molecule has 0 saturated heterocycles. The summed E-state index contributed by atoms with van der Waals surface area (Å²) in [5.74, 6) is 0.754. The molecule has 0 aromatic heterocycles. The van der Waals surface area contributed by atoms with Gasteiger partial charge in [0.25, 0.3) is 0 Å². The van der Waals surface area contributed by atoms with Gasteiger partial charge in [0.05, 0.1) is 0 Å². The highest BCUT2D eigenvalue weighted by Crippen LogP contribution is 2.32. The second-order valence-electron chi connectivity index (χ2n) is 3.93. The standard InChI is InChI=1S/C10H18ClN/c1-9(2)4-7-12-10(8-11)5-3-6-10/h4,12H,3,5-8H2,1-2H3. The molecule has 0 aromatic rings. The van der Waals surface area contributed by atoms with Gasteiger partial charge < -0.3 is 5.32 Å². The van der Waals surface area contributed by atoms with Gasteiger partial charge in [-0.2, -0.15) is 0 Å². The summed E-state index contributed by atoms with van der Waals surface area (Å²) in [4.78, 5) is 0. The third-order valence-corrected chi connectivity index (χ3v) is 3.07. The predicted molar refractivity (Wildman–Crippen MR) is 54.7 cm³/mol. The van der Waals surface area contributed by atoms with E-state index in [9.17, 15) is 0 Å². The predicted octanol–water partition coefficient (Wildman–Crippen LogP) is 2.70. The van der Waals surface area contributed by atoms with Crippen molar-refractivity contribution in [1.82, 2.24) is 5.32 Å². The maximum absolute atomic E-state index is 5.89. The molecule has 0 aromatic carbocycles. The van der Waals surface area contributed by atoms with E-state index in [0.717, 1.165) is 12.4 Å². The van der Waals surface area contributed by atoms with Crippen molar-refractivity contribution < 1.29 is 0 Å². The molecule has 2 heteroatoms. The first-order valence-electron chi connectivity index (χ1n) is 4.63. The number of alkyl halides is 1. The summed E-state index contributed by atoms with van der Waals surface area (Å²) in [5, 5.41) is 3.51. The molecular formula is C10H18ClN. The van der Waals surface area contributed by atoms with Gasteiger partial charge in [-0.25, -0.2) is 0 Å². The van der Waals surface area contributed by atoms with E-state index < -0.39 is 0 Å². The Bertz CT molecular complexity index is 161. The molecule has 0 amide bonds. The molecule has 1 nitrogen and oxygen atoms in total. The van der Waals surface area contributed by atoms with Gasteiger partial charge >= 0.3 is 0 Å². The van der Waals surface area contributed by atoms with Crippen LogP contribution in [0, 0.1) is 0 Å². The van der Waals surface area contributed by atoms with Gasteiger partial charge in [-0.05, 0) is 33.1 Å². The van der Waals surface area contributed by atoms with Crippen LogP contribution >= 0.6 is 11.6 Å². The van der Waals surface area contributed by atoms with E-state index in [1.165, 1.54) is 24.8 Å². The minimum Gasteiger partial charge on any atom is -0.307 e. The highest BCUT2D eigenvalue weighted by molar-refractivity contribution is 6.18. The van der Waals surface area contributed by atoms with Crippen LogP contribution in [0.2, 0.25) is 0 Å². The fourth-order valence-electron chi connectivity index (χ4n) is 1.43. The summed E-state index contributed by atoms with van der Waals surface area (Å²) >= 11 is 5.89. The minimum absolute atomic E-state index is 0.271. The molecule has 1 fully saturated rings. The molecule has 0 heterocycles. The first-order valence-corrected chi connectivity index (χ1v) is 5.16. The lowest BCUT2D eigenvalue weighted by Gasteiger charge is -2.41. The van der Waals surface area contributed by atoms with Crippen LogP contribution in [0.3, 0.4) is 0 Å². The lowest BCUT2D eigenvalue weighted by molar-refractivity contribution is 0.221. The Kier molecular flexibility index (Phi) is 3.60. The number of nitrogens with one attached hydrogen (secondary N) is 1. The SMILES string of the molecule is CC(C)=CCNC1(CCl)CCC1. The Balaban J connectivity index is 2.25. The molecule has 1 saturated carbocycles. The summed E-state index contributed by atoms with van der Waals surface area (Å²) < 4.78 is 0. The quantitative estimate of drug-likeness (QED) is 0.527. The van der Waals surface area contributed by atoms with Gasteiger partial charge in [-0.1, -0.05) is 11.6 Å². The molecule has 0 radical (unpaired) electrons. The highest BCUT2D eigenvalue weighted by Gasteiger charge is 2.34. The van der Waals surface area contributed by atoms with E-state index in [0.29, 0.717) is 0 Å². The van der Waals surface area contributed by atoms with Crippen molar-refractivity contribution in [2.45, 2.75) is 38.6 Å². The molecule has 1 aliphatic carbocycles. The molecule has 0 atom stereocenters. The lowest BCUT2D eigenvalue weighted by atomic mass is 9.78. The molecule has 12 heavy (non-hydrogen) atoms. The number of halogens is 1. The van der Waals surface area contributed by atoms with Gasteiger partial charge in [0.2, 0.25) is 0 Å². The van der Waals surface area contributed by atoms with E-state index in [4.69, 9.17) is 11.6 Å². The molecule has 0 bridgehead atoms. The van der Waals surface area contributed by atoms with Gasteiger partial charge in [-0.15, -0.1) is 11.6 Å². The van der Waals surface area contributed by atoms with Crippen LogP contribution in [0.15, 0.2) is 11.6 Å². The first kappa shape index (κ1) is 10.1. The zero-order valence-corrected chi connectivity index (χ0v) is 8.75. The number of rotatable bonds is 4. The van der Waals surface area contributed by atoms with Crippen LogP contribution in [-0.4, -0.2) is 18.0 Å². The fourth-order valence-corrected chi connectivity index (χ4v) is 1.79. The van der Waals surface area contributed by atoms with Crippen molar-refractivity contribution in [1.29, 1.82) is 0 Å². The van der Waals surface area contributed by atoms with Crippen molar-refractivity contribution in [2.24, 2.45) is 0 Å². The van der Waals surface area contributed by atoms with Crippen molar-refractivity contribution in [2.75, 3.05) is 12.4 Å². The minimum atomic E-state index is 0.271. The van der Waals surface area contributed by atoms with Crippen molar-refractivity contribution in [3.63, 3.8) is 0 Å². The monoisotopic (exact) mass is 187 g/mol. The van der Waals surface area contributed by atoms with Crippen LogP contribution in [-0.2, 0) is 0 Å². The van der Waals surface area contributed by atoms with E-state index in [-0.39, 0.29) is 5.54 Å². The summed E-state index contributed by atoms with van der Waals surface area (Å²) in [6.07, 6.45) is 6.03. The van der Waals surface area contributed by atoms with Crippen LogP contribution in [0.5, 0.6) is 0 Å². The van der Waals surface area contributed by atoms with Gasteiger partial charge in [0.15, 0.2) is 0 Å². The number of hydrogen-bond donors (Lipinski definition) is 1. The second kappa shape index (κ2) is 4.29.